The van der Waals surface area contributed by atoms with Gasteiger partial charge in [-0.05, 0) is 32.8 Å². The first-order chi connectivity index (χ1) is 12.7. The number of nitro groups is 1. The molecule has 0 radical (unpaired) electrons. The molecule has 1 aliphatic heterocycles. The zero-order valence-electron chi connectivity index (χ0n) is 14.8. The molecule has 3 rings (SSSR count). The summed E-state index contributed by atoms with van der Waals surface area (Å²) in [6.07, 6.45) is 2.41. The Balaban J connectivity index is 1.76. The number of aryl methyl sites for hydroxylation is 1. The number of benzene rings is 1. The summed E-state index contributed by atoms with van der Waals surface area (Å²) in [5, 5.41) is 14.1. The van der Waals surface area contributed by atoms with Crippen molar-refractivity contribution in [2.75, 3.05) is 5.32 Å². The fourth-order valence-electron chi connectivity index (χ4n) is 3.48. The quantitative estimate of drug-likeness (QED) is 0.482. The second-order valence-corrected chi connectivity index (χ2v) is 7.26. The van der Waals surface area contributed by atoms with Gasteiger partial charge in [0.05, 0.1) is 16.8 Å². The molecule has 142 valence electrons. The van der Waals surface area contributed by atoms with Crippen LogP contribution < -0.4 is 5.32 Å². The maximum atomic E-state index is 12.6. The number of imide groups is 1. The Bertz CT molecular complexity index is 882. The van der Waals surface area contributed by atoms with E-state index in [9.17, 15) is 24.5 Å². The van der Waals surface area contributed by atoms with Gasteiger partial charge in [0.2, 0.25) is 17.7 Å². The van der Waals surface area contributed by atoms with Gasteiger partial charge >= 0.3 is 0 Å². The lowest BCUT2D eigenvalue weighted by Gasteiger charge is -2.22. The number of allylic oxidation sites excluding steroid dienone is 2. The van der Waals surface area contributed by atoms with Crippen molar-refractivity contribution in [1.82, 2.24) is 4.90 Å². The highest BCUT2D eigenvalue weighted by molar-refractivity contribution is 6.30. The molecule has 1 aromatic rings. The lowest BCUT2D eigenvalue weighted by atomic mass is 9.85. The van der Waals surface area contributed by atoms with Gasteiger partial charge in [0.1, 0.15) is 6.04 Å². The Morgan fingerprint density at radius 2 is 2.00 bits per heavy atom. The van der Waals surface area contributed by atoms with Crippen LogP contribution in [0.25, 0.3) is 0 Å². The first-order valence-corrected chi connectivity index (χ1v) is 8.86. The maximum Gasteiger partial charge on any atom is 0.274 e. The molecule has 1 N–H and O–H groups in total. The van der Waals surface area contributed by atoms with Gasteiger partial charge in [-0.2, -0.15) is 0 Å². The minimum Gasteiger partial charge on any atom is -0.324 e. The van der Waals surface area contributed by atoms with Gasteiger partial charge in [-0.3, -0.25) is 29.4 Å². The van der Waals surface area contributed by atoms with Crippen LogP contribution in [0.5, 0.6) is 0 Å². The third kappa shape index (κ3) is 3.44. The molecular weight excluding hydrogens is 374 g/mol. The normalized spacial score (nSPS) is 22.9. The summed E-state index contributed by atoms with van der Waals surface area (Å²) in [4.78, 5) is 49.3. The Morgan fingerprint density at radius 3 is 2.67 bits per heavy atom. The smallest absolute Gasteiger partial charge is 0.274 e. The van der Waals surface area contributed by atoms with E-state index in [1.807, 2.05) is 0 Å². The molecule has 1 heterocycles. The number of carbonyl (C=O) groups is 3. The summed E-state index contributed by atoms with van der Waals surface area (Å²) >= 11 is 5.99. The van der Waals surface area contributed by atoms with Gasteiger partial charge in [-0.1, -0.05) is 23.7 Å². The molecular formula is C18H18ClN3O5. The second kappa shape index (κ2) is 7.11. The molecule has 9 heteroatoms. The minimum atomic E-state index is -1.03. The summed E-state index contributed by atoms with van der Waals surface area (Å²) in [5.74, 6) is -2.41. The Hall–Kier alpha value is -2.74. The number of halogens is 1. The van der Waals surface area contributed by atoms with Crippen LogP contribution >= 0.6 is 11.6 Å². The molecule has 0 bridgehead atoms. The number of anilines is 1. The molecule has 0 saturated carbocycles. The van der Waals surface area contributed by atoms with E-state index in [1.165, 1.54) is 25.1 Å². The third-order valence-corrected chi connectivity index (χ3v) is 5.35. The summed E-state index contributed by atoms with van der Waals surface area (Å²) in [6, 6.07) is 3.27. The van der Waals surface area contributed by atoms with Crippen LogP contribution in [-0.4, -0.2) is 33.6 Å². The highest BCUT2D eigenvalue weighted by Gasteiger charge is 2.51. The average molecular weight is 392 g/mol. The molecule has 8 nitrogen and oxygen atoms in total. The number of hydrogen-bond acceptors (Lipinski definition) is 5. The summed E-state index contributed by atoms with van der Waals surface area (Å²) in [6.45, 7) is 3.05. The van der Waals surface area contributed by atoms with Crippen LogP contribution in [0.2, 0.25) is 0 Å². The number of amides is 3. The molecule has 0 spiro atoms. The van der Waals surface area contributed by atoms with Crippen molar-refractivity contribution < 1.29 is 19.3 Å². The monoisotopic (exact) mass is 391 g/mol. The fraction of sp³-hybridized carbons (Fsp3) is 0.389. The van der Waals surface area contributed by atoms with Crippen molar-refractivity contribution in [3.05, 3.63) is 45.0 Å². The van der Waals surface area contributed by atoms with Gasteiger partial charge in [-0.25, -0.2) is 0 Å². The Kier molecular flexibility index (Phi) is 5.01. The van der Waals surface area contributed by atoms with E-state index in [0.29, 0.717) is 23.4 Å². The average Bonchev–Trinajstić information content (AvgIpc) is 2.86. The first-order valence-electron chi connectivity index (χ1n) is 8.48. The minimum absolute atomic E-state index is 0.125. The lowest BCUT2D eigenvalue weighted by molar-refractivity contribution is -0.385. The molecule has 27 heavy (non-hydrogen) atoms. The number of fused-ring (bicyclic) bond motifs is 1. The predicted octanol–water partition coefficient (Wildman–Crippen LogP) is 2.75. The number of nitrogens with zero attached hydrogens (tertiary/aromatic N) is 2. The molecule has 1 aromatic carbocycles. The van der Waals surface area contributed by atoms with Gasteiger partial charge in [0.25, 0.3) is 5.69 Å². The van der Waals surface area contributed by atoms with Gasteiger partial charge < -0.3 is 5.32 Å². The van der Waals surface area contributed by atoms with Crippen molar-refractivity contribution in [2.45, 2.75) is 32.7 Å². The topological polar surface area (TPSA) is 110 Å². The molecule has 2 aliphatic rings. The number of carbonyl (C=O) groups excluding carboxylic acids is 3. The van der Waals surface area contributed by atoms with E-state index in [2.05, 4.69) is 5.32 Å². The van der Waals surface area contributed by atoms with E-state index in [1.54, 1.807) is 13.0 Å². The Labute approximate surface area is 160 Å². The van der Waals surface area contributed by atoms with E-state index in [4.69, 9.17) is 11.6 Å². The van der Waals surface area contributed by atoms with Crippen molar-refractivity contribution in [2.24, 2.45) is 11.8 Å². The molecule has 3 atom stereocenters. The molecule has 1 aliphatic carbocycles. The van der Waals surface area contributed by atoms with Gasteiger partial charge in [0.15, 0.2) is 0 Å². The number of nitro benzene ring substituents is 1. The van der Waals surface area contributed by atoms with E-state index >= 15 is 0 Å². The standard InChI is InChI=1S/C18H18ClN3O5/c1-9-3-5-12(8-15(9)22(26)27)20-16(23)10(2)21-17(24)13-6-4-11(19)7-14(13)18(21)25/h3-5,8,10,13-14H,6-7H2,1-2H3,(H,20,23)/t10-,13+,14-/m1/s1. The van der Waals surface area contributed by atoms with Crippen molar-refractivity contribution in [1.29, 1.82) is 0 Å². The maximum absolute atomic E-state index is 12.6. The number of likely N-dealkylation sites (tertiary alicyclic amines) is 1. The third-order valence-electron chi connectivity index (χ3n) is 5.04. The highest BCUT2D eigenvalue weighted by atomic mass is 35.5. The van der Waals surface area contributed by atoms with Crippen molar-refractivity contribution in [3.63, 3.8) is 0 Å². The van der Waals surface area contributed by atoms with Crippen LogP contribution in [0.4, 0.5) is 11.4 Å². The van der Waals surface area contributed by atoms with Crippen LogP contribution in [0.15, 0.2) is 29.3 Å². The molecule has 0 aromatic heterocycles. The summed E-state index contributed by atoms with van der Waals surface area (Å²) in [5.41, 5.74) is 0.565. The van der Waals surface area contributed by atoms with E-state index < -0.39 is 34.6 Å². The van der Waals surface area contributed by atoms with E-state index in [-0.39, 0.29) is 17.3 Å². The fourth-order valence-corrected chi connectivity index (χ4v) is 3.74. The van der Waals surface area contributed by atoms with Crippen LogP contribution in [-0.2, 0) is 14.4 Å². The zero-order valence-corrected chi connectivity index (χ0v) is 15.5. The van der Waals surface area contributed by atoms with Crippen LogP contribution in [0.1, 0.15) is 25.3 Å². The largest absolute Gasteiger partial charge is 0.324 e. The summed E-state index contributed by atoms with van der Waals surface area (Å²) < 4.78 is 0. The lowest BCUT2D eigenvalue weighted by Crippen LogP contribution is -2.46. The van der Waals surface area contributed by atoms with Gasteiger partial charge in [0, 0.05) is 22.3 Å². The summed E-state index contributed by atoms with van der Waals surface area (Å²) in [7, 11) is 0. The second-order valence-electron chi connectivity index (χ2n) is 6.77. The molecule has 3 amide bonds. The Morgan fingerprint density at radius 1 is 1.33 bits per heavy atom. The SMILES string of the molecule is Cc1ccc(NC(=O)[C@@H](C)N2C(=O)[C@H]3CC=C(Cl)C[C@H]3C2=O)cc1[N+](=O)[O-]. The molecule has 0 unspecified atom stereocenters. The molecule has 1 fully saturated rings. The van der Waals surface area contributed by atoms with Crippen LogP contribution in [0.3, 0.4) is 0 Å². The van der Waals surface area contributed by atoms with Crippen molar-refractivity contribution in [3.8, 4) is 0 Å². The highest BCUT2D eigenvalue weighted by Crippen LogP contribution is 2.39. The zero-order chi connectivity index (χ0) is 19.9. The predicted molar refractivity (Wildman–Crippen MR) is 97.9 cm³/mol. The first kappa shape index (κ1) is 19.0. The van der Waals surface area contributed by atoms with Crippen LogP contribution in [0, 0.1) is 28.9 Å². The van der Waals surface area contributed by atoms with Gasteiger partial charge in [-0.15, -0.1) is 0 Å². The number of rotatable bonds is 4. The van der Waals surface area contributed by atoms with Crippen molar-refractivity contribution >= 4 is 40.7 Å². The molecule has 1 saturated heterocycles. The van der Waals surface area contributed by atoms with E-state index in [0.717, 1.165) is 4.90 Å². The number of hydrogen-bond donors (Lipinski definition) is 1. The number of nitrogens with one attached hydrogen (secondary N) is 1.